The molecule has 1 amide bonds. The maximum atomic E-state index is 12.3. The fourth-order valence-corrected chi connectivity index (χ4v) is 2.19. The van der Waals surface area contributed by atoms with Gasteiger partial charge >= 0.3 is 0 Å². The molecule has 0 aliphatic carbocycles. The molecule has 0 aliphatic rings. The van der Waals surface area contributed by atoms with Gasteiger partial charge in [0.15, 0.2) is 11.5 Å². The summed E-state index contributed by atoms with van der Waals surface area (Å²) in [5, 5.41) is 11.9. The number of nitrogens with one attached hydrogen (secondary N) is 1. The van der Waals surface area contributed by atoms with Gasteiger partial charge in [-0.25, -0.2) is 0 Å². The summed E-state index contributed by atoms with van der Waals surface area (Å²) in [5.41, 5.74) is 1.28. The van der Waals surface area contributed by atoms with Crippen LogP contribution >= 0.6 is 11.6 Å². The Bertz CT molecular complexity index is 769. The molecule has 0 atom stereocenters. The number of anilines is 1. The van der Waals surface area contributed by atoms with E-state index < -0.39 is 0 Å². The van der Waals surface area contributed by atoms with Gasteiger partial charge in [-0.15, -0.1) is 0 Å². The molecule has 0 heterocycles. The molecular weight excluding hydrogens is 316 g/mol. The van der Waals surface area contributed by atoms with Crippen LogP contribution in [-0.2, 0) is 0 Å². The van der Waals surface area contributed by atoms with Gasteiger partial charge in [-0.05, 0) is 43.3 Å². The molecule has 0 unspecified atom stereocenters. The second kappa shape index (κ2) is 7.52. The summed E-state index contributed by atoms with van der Waals surface area (Å²) in [6.07, 6.45) is 0. The highest BCUT2D eigenvalue weighted by Crippen LogP contribution is 2.28. The topological polar surface area (TPSA) is 71.3 Å². The van der Waals surface area contributed by atoms with E-state index in [0.717, 1.165) is 0 Å². The first-order valence-corrected chi connectivity index (χ1v) is 7.28. The fourth-order valence-electron chi connectivity index (χ4n) is 1.97. The van der Waals surface area contributed by atoms with Crippen LogP contribution in [0.15, 0.2) is 36.4 Å². The average molecular weight is 331 g/mol. The number of nitriles is 1. The van der Waals surface area contributed by atoms with Crippen LogP contribution in [0.4, 0.5) is 5.69 Å². The number of carbonyl (C=O) groups excluding carboxylic acids is 1. The van der Waals surface area contributed by atoms with Crippen molar-refractivity contribution in [3.05, 3.63) is 52.5 Å². The van der Waals surface area contributed by atoms with Gasteiger partial charge in [0.1, 0.15) is 6.07 Å². The van der Waals surface area contributed by atoms with Crippen molar-refractivity contribution >= 4 is 23.2 Å². The van der Waals surface area contributed by atoms with Crippen LogP contribution in [0, 0.1) is 11.3 Å². The van der Waals surface area contributed by atoms with Crippen LogP contribution in [0.2, 0.25) is 5.02 Å². The number of hydrogen-bond donors (Lipinski definition) is 1. The molecule has 23 heavy (non-hydrogen) atoms. The first-order chi connectivity index (χ1) is 11.1. The van der Waals surface area contributed by atoms with Crippen molar-refractivity contribution in [1.29, 1.82) is 5.26 Å². The summed E-state index contributed by atoms with van der Waals surface area (Å²) in [6.45, 7) is 2.38. The molecule has 0 radical (unpaired) electrons. The highest BCUT2D eigenvalue weighted by molar-refractivity contribution is 6.32. The Morgan fingerprint density at radius 3 is 2.65 bits per heavy atom. The largest absolute Gasteiger partial charge is 0.493 e. The van der Waals surface area contributed by atoms with E-state index in [0.29, 0.717) is 34.9 Å². The maximum Gasteiger partial charge on any atom is 0.255 e. The van der Waals surface area contributed by atoms with Crippen molar-refractivity contribution in [1.82, 2.24) is 0 Å². The van der Waals surface area contributed by atoms with E-state index in [1.807, 2.05) is 13.0 Å². The molecule has 118 valence electrons. The molecule has 2 aromatic carbocycles. The minimum absolute atomic E-state index is 0.287. The molecule has 1 N–H and O–H groups in total. The monoisotopic (exact) mass is 330 g/mol. The molecule has 0 spiro atoms. The van der Waals surface area contributed by atoms with Crippen molar-refractivity contribution in [2.24, 2.45) is 0 Å². The lowest BCUT2D eigenvalue weighted by Gasteiger charge is -2.11. The van der Waals surface area contributed by atoms with Gasteiger partial charge < -0.3 is 14.8 Å². The molecule has 0 bridgehead atoms. The Hall–Kier alpha value is -2.71. The van der Waals surface area contributed by atoms with E-state index >= 15 is 0 Å². The van der Waals surface area contributed by atoms with Crippen LogP contribution < -0.4 is 14.8 Å². The standard InChI is InChI=1S/C17H15ClN2O3/c1-3-23-15-7-5-11(8-16(15)22-2)17(21)20-13-6-4-12(10-19)14(18)9-13/h4-9H,3H2,1-2H3,(H,20,21). The Morgan fingerprint density at radius 2 is 2.04 bits per heavy atom. The van der Waals surface area contributed by atoms with Crippen molar-refractivity contribution in [2.75, 3.05) is 19.0 Å². The van der Waals surface area contributed by atoms with Gasteiger partial charge in [0.05, 0.1) is 24.3 Å². The summed E-state index contributed by atoms with van der Waals surface area (Å²) in [6, 6.07) is 11.6. The number of rotatable bonds is 5. The van der Waals surface area contributed by atoms with Crippen LogP contribution in [0.5, 0.6) is 11.5 Å². The lowest BCUT2D eigenvalue weighted by Crippen LogP contribution is -2.12. The number of carbonyl (C=O) groups is 1. The zero-order valence-corrected chi connectivity index (χ0v) is 13.5. The average Bonchev–Trinajstić information content (AvgIpc) is 2.55. The Morgan fingerprint density at radius 1 is 1.26 bits per heavy atom. The van der Waals surface area contributed by atoms with E-state index in [-0.39, 0.29) is 10.9 Å². The fraction of sp³-hybridized carbons (Fsp3) is 0.176. The third-order valence-electron chi connectivity index (χ3n) is 3.07. The Kier molecular flexibility index (Phi) is 5.45. The molecule has 0 fully saturated rings. The number of ether oxygens (including phenoxy) is 2. The van der Waals surface area contributed by atoms with Gasteiger partial charge in [0.25, 0.3) is 5.91 Å². The van der Waals surface area contributed by atoms with Crippen molar-refractivity contribution in [2.45, 2.75) is 6.92 Å². The van der Waals surface area contributed by atoms with E-state index in [2.05, 4.69) is 5.32 Å². The molecule has 0 aromatic heterocycles. The lowest BCUT2D eigenvalue weighted by atomic mass is 10.1. The molecule has 0 aliphatic heterocycles. The SMILES string of the molecule is CCOc1ccc(C(=O)Nc2ccc(C#N)c(Cl)c2)cc1OC. The third kappa shape index (κ3) is 3.93. The maximum absolute atomic E-state index is 12.3. The predicted molar refractivity (Wildman–Crippen MR) is 88.3 cm³/mol. The minimum atomic E-state index is -0.313. The van der Waals surface area contributed by atoms with E-state index in [4.69, 9.17) is 26.3 Å². The van der Waals surface area contributed by atoms with Crippen LogP contribution in [0.3, 0.4) is 0 Å². The van der Waals surface area contributed by atoms with Gasteiger partial charge in [-0.1, -0.05) is 11.6 Å². The third-order valence-corrected chi connectivity index (χ3v) is 3.39. The Balaban J connectivity index is 2.21. The zero-order valence-electron chi connectivity index (χ0n) is 12.7. The smallest absolute Gasteiger partial charge is 0.255 e. The Labute approximate surface area is 139 Å². The summed E-state index contributed by atoms with van der Waals surface area (Å²) >= 11 is 5.95. The van der Waals surface area contributed by atoms with E-state index in [9.17, 15) is 4.79 Å². The summed E-state index contributed by atoms with van der Waals surface area (Å²) in [5.74, 6) is 0.748. The first-order valence-electron chi connectivity index (χ1n) is 6.91. The molecule has 5 nitrogen and oxygen atoms in total. The van der Waals surface area contributed by atoms with Crippen LogP contribution in [-0.4, -0.2) is 19.6 Å². The van der Waals surface area contributed by atoms with E-state index in [1.165, 1.54) is 13.2 Å². The highest BCUT2D eigenvalue weighted by atomic mass is 35.5. The van der Waals surface area contributed by atoms with Crippen LogP contribution in [0.25, 0.3) is 0 Å². The summed E-state index contributed by atoms with van der Waals surface area (Å²) < 4.78 is 10.6. The van der Waals surface area contributed by atoms with Crippen molar-refractivity contribution in [3.8, 4) is 17.6 Å². The number of nitrogens with zero attached hydrogens (tertiary/aromatic N) is 1. The van der Waals surface area contributed by atoms with Crippen molar-refractivity contribution in [3.63, 3.8) is 0 Å². The number of hydrogen-bond acceptors (Lipinski definition) is 4. The van der Waals surface area contributed by atoms with Crippen molar-refractivity contribution < 1.29 is 14.3 Å². The number of amides is 1. The number of benzene rings is 2. The molecule has 6 heteroatoms. The summed E-state index contributed by atoms with van der Waals surface area (Å²) in [4.78, 5) is 12.3. The normalized spacial score (nSPS) is 9.83. The van der Waals surface area contributed by atoms with Gasteiger partial charge in [0, 0.05) is 11.3 Å². The zero-order chi connectivity index (χ0) is 16.8. The lowest BCUT2D eigenvalue weighted by molar-refractivity contribution is 0.102. The quantitative estimate of drug-likeness (QED) is 0.903. The minimum Gasteiger partial charge on any atom is -0.493 e. The second-order valence-corrected chi connectivity index (χ2v) is 4.97. The van der Waals surface area contributed by atoms with Gasteiger partial charge in [-0.3, -0.25) is 4.79 Å². The number of halogens is 1. The second-order valence-electron chi connectivity index (χ2n) is 4.56. The van der Waals surface area contributed by atoms with Gasteiger partial charge in [-0.2, -0.15) is 5.26 Å². The molecule has 2 rings (SSSR count). The van der Waals surface area contributed by atoms with E-state index in [1.54, 1.807) is 30.3 Å². The molecule has 0 saturated heterocycles. The number of methoxy groups -OCH3 is 1. The highest BCUT2D eigenvalue weighted by Gasteiger charge is 2.12. The molecular formula is C17H15ClN2O3. The summed E-state index contributed by atoms with van der Waals surface area (Å²) in [7, 11) is 1.51. The first kappa shape index (κ1) is 16.7. The molecule has 2 aromatic rings. The predicted octanol–water partition coefficient (Wildman–Crippen LogP) is 3.87. The van der Waals surface area contributed by atoms with Crippen LogP contribution in [0.1, 0.15) is 22.8 Å². The van der Waals surface area contributed by atoms with Gasteiger partial charge in [0.2, 0.25) is 0 Å². The molecule has 0 saturated carbocycles.